The van der Waals surface area contributed by atoms with Crippen molar-refractivity contribution in [2.45, 2.75) is 26.4 Å². The molecule has 2 heterocycles. The summed E-state index contributed by atoms with van der Waals surface area (Å²) in [6, 6.07) is -0.0175. The Labute approximate surface area is 158 Å². The van der Waals surface area contributed by atoms with Gasteiger partial charge in [-0.25, -0.2) is 13.6 Å². The highest BCUT2D eigenvalue weighted by atomic mass is 19.2. The molecule has 0 radical (unpaired) electrons. The van der Waals surface area contributed by atoms with E-state index in [9.17, 15) is 23.5 Å². The number of fused-ring (bicyclic) bond motifs is 1. The van der Waals surface area contributed by atoms with E-state index in [1.54, 1.807) is 4.90 Å². The Hall–Kier alpha value is -2.75. The van der Waals surface area contributed by atoms with Crippen molar-refractivity contribution >= 4 is 22.6 Å². The largest absolute Gasteiger partial charge is 0.492 e. The number of hydrogen-bond donors (Lipinski definition) is 2. The van der Waals surface area contributed by atoms with Crippen LogP contribution in [0.3, 0.4) is 0 Å². The predicted octanol–water partition coefficient (Wildman–Crippen LogP) is 1.94. The van der Waals surface area contributed by atoms with Crippen LogP contribution in [0, 0.1) is 17.6 Å². The normalized spacial score (nSPS) is 17.2. The number of carbonyl (C=O) groups is 1. The first kappa shape index (κ1) is 20.0. The van der Waals surface area contributed by atoms with Crippen LogP contribution in [0.1, 0.15) is 24.2 Å². The molecule has 0 bridgehead atoms. The summed E-state index contributed by atoms with van der Waals surface area (Å²) in [5, 5.41) is 11.5. The van der Waals surface area contributed by atoms with Gasteiger partial charge in [0, 0.05) is 32.2 Å². The average molecular weight is 399 g/mol. The molecule has 0 amide bonds. The number of aromatic carboxylic acids is 1. The number of hydrogen-bond acceptors (Lipinski definition) is 5. The lowest BCUT2D eigenvalue weighted by molar-refractivity contribution is 0.0688. The minimum Gasteiger partial charge on any atom is -0.492 e. The molecule has 0 saturated carbocycles. The van der Waals surface area contributed by atoms with Gasteiger partial charge in [-0.2, -0.15) is 4.39 Å². The van der Waals surface area contributed by atoms with Gasteiger partial charge in [0.25, 0.3) is 0 Å². The quantitative estimate of drug-likeness (QED) is 0.765. The van der Waals surface area contributed by atoms with Gasteiger partial charge in [-0.05, 0) is 13.8 Å². The molecule has 1 aromatic heterocycles. The molecule has 1 unspecified atom stereocenters. The summed E-state index contributed by atoms with van der Waals surface area (Å²) >= 11 is 0. The summed E-state index contributed by atoms with van der Waals surface area (Å²) in [7, 11) is 1.20. The molecular weight excluding hydrogens is 379 g/mol. The number of rotatable bonds is 4. The molecule has 1 atom stereocenters. The van der Waals surface area contributed by atoms with Crippen LogP contribution in [0.5, 0.6) is 5.75 Å². The first-order chi connectivity index (χ1) is 13.2. The van der Waals surface area contributed by atoms with E-state index in [1.165, 1.54) is 14.0 Å². The molecule has 2 N–H and O–H groups in total. The standard InChI is InChI=1S/C18H20F3N3O4/c1-4-24-13-9(15(25)10(17(24)21)18(26)27)11(19)12(20)14(16(13)28-3)23-6-5-22-8(2)7-23/h8,22H,4-7H2,1-3H3,(H,26,27). The Morgan fingerprint density at radius 1 is 1.32 bits per heavy atom. The van der Waals surface area contributed by atoms with Crippen LogP contribution in [0.25, 0.3) is 10.9 Å². The number of halogens is 3. The van der Waals surface area contributed by atoms with Crippen molar-refractivity contribution < 1.29 is 27.8 Å². The zero-order chi connectivity index (χ0) is 20.7. The lowest BCUT2D eigenvalue weighted by atomic mass is 10.1. The monoisotopic (exact) mass is 399 g/mol. The second kappa shape index (κ2) is 7.34. The summed E-state index contributed by atoms with van der Waals surface area (Å²) in [5.41, 5.74) is -3.19. The fourth-order valence-electron chi connectivity index (χ4n) is 3.65. The van der Waals surface area contributed by atoms with Crippen molar-refractivity contribution in [3.05, 3.63) is 33.4 Å². The van der Waals surface area contributed by atoms with Crippen LogP contribution in [-0.4, -0.2) is 48.4 Å². The van der Waals surface area contributed by atoms with Gasteiger partial charge in [0.2, 0.25) is 11.4 Å². The van der Waals surface area contributed by atoms with Gasteiger partial charge < -0.3 is 24.6 Å². The van der Waals surface area contributed by atoms with Crippen molar-refractivity contribution in [3.8, 4) is 5.75 Å². The summed E-state index contributed by atoms with van der Waals surface area (Å²) in [6.45, 7) is 4.43. The smallest absolute Gasteiger partial charge is 0.344 e. The number of pyridine rings is 1. The maximum Gasteiger partial charge on any atom is 0.344 e. The molecule has 10 heteroatoms. The second-order valence-electron chi connectivity index (χ2n) is 6.58. The minimum absolute atomic E-state index is 0.0175. The van der Waals surface area contributed by atoms with Crippen LogP contribution in [0.2, 0.25) is 0 Å². The topological polar surface area (TPSA) is 83.8 Å². The number of carboxylic acids is 1. The molecule has 1 fully saturated rings. The highest BCUT2D eigenvalue weighted by Gasteiger charge is 2.33. The number of methoxy groups -OCH3 is 1. The van der Waals surface area contributed by atoms with E-state index in [-0.39, 0.29) is 29.5 Å². The Bertz CT molecular complexity index is 1020. The molecule has 1 saturated heterocycles. The number of benzene rings is 1. The molecule has 28 heavy (non-hydrogen) atoms. The molecule has 1 aliphatic heterocycles. The molecule has 1 aliphatic rings. The summed E-state index contributed by atoms with van der Waals surface area (Å²) < 4.78 is 50.9. The second-order valence-corrected chi connectivity index (χ2v) is 6.58. The SMILES string of the molecule is CCn1c(F)c(C(=O)O)c(=O)c2c(F)c(F)c(N3CCNC(C)C3)c(OC)c21. The van der Waals surface area contributed by atoms with Gasteiger partial charge in [-0.1, -0.05) is 0 Å². The minimum atomic E-state index is -1.86. The van der Waals surface area contributed by atoms with Gasteiger partial charge in [0.15, 0.2) is 22.9 Å². The summed E-state index contributed by atoms with van der Waals surface area (Å²) in [5.74, 6) is -6.26. The van der Waals surface area contributed by atoms with Crippen LogP contribution < -0.4 is 20.4 Å². The average Bonchev–Trinajstić information content (AvgIpc) is 2.63. The van der Waals surface area contributed by atoms with Crippen molar-refractivity contribution in [3.63, 3.8) is 0 Å². The molecule has 7 nitrogen and oxygen atoms in total. The van der Waals surface area contributed by atoms with Gasteiger partial charge in [-0.3, -0.25) is 4.79 Å². The van der Waals surface area contributed by atoms with Crippen molar-refractivity contribution in [1.29, 1.82) is 0 Å². The fraction of sp³-hybridized carbons (Fsp3) is 0.444. The summed E-state index contributed by atoms with van der Waals surface area (Å²) in [4.78, 5) is 25.4. The third-order valence-electron chi connectivity index (χ3n) is 4.87. The summed E-state index contributed by atoms with van der Waals surface area (Å²) in [6.07, 6.45) is 0. The van der Waals surface area contributed by atoms with Crippen LogP contribution in [0.4, 0.5) is 18.9 Å². The molecule has 152 valence electrons. The van der Waals surface area contributed by atoms with E-state index in [2.05, 4.69) is 5.32 Å². The van der Waals surface area contributed by atoms with Crippen molar-refractivity contribution in [1.82, 2.24) is 9.88 Å². The maximum absolute atomic E-state index is 15.0. The number of ether oxygens (including phenoxy) is 1. The van der Waals surface area contributed by atoms with Gasteiger partial charge in [0.1, 0.15) is 11.2 Å². The molecular formula is C18H20F3N3O4. The number of aryl methyl sites for hydroxylation is 1. The van der Waals surface area contributed by atoms with E-state index in [1.807, 2.05) is 6.92 Å². The maximum atomic E-state index is 15.0. The predicted molar refractivity (Wildman–Crippen MR) is 96.9 cm³/mol. The van der Waals surface area contributed by atoms with Crippen LogP contribution >= 0.6 is 0 Å². The Morgan fingerprint density at radius 2 is 2.00 bits per heavy atom. The third-order valence-corrected chi connectivity index (χ3v) is 4.87. The van der Waals surface area contributed by atoms with E-state index < -0.39 is 39.9 Å². The number of nitrogens with zero attached hydrogens (tertiary/aromatic N) is 2. The van der Waals surface area contributed by atoms with E-state index in [4.69, 9.17) is 4.74 Å². The number of piperazine rings is 1. The van der Waals surface area contributed by atoms with Crippen LogP contribution in [-0.2, 0) is 6.54 Å². The Kier molecular flexibility index (Phi) is 5.24. The molecule has 3 rings (SSSR count). The molecule has 1 aromatic carbocycles. The molecule has 2 aromatic rings. The third kappa shape index (κ3) is 2.88. The number of carboxylic acid groups (broad SMARTS) is 1. The van der Waals surface area contributed by atoms with E-state index in [0.717, 1.165) is 4.57 Å². The van der Waals surface area contributed by atoms with Crippen LogP contribution in [0.15, 0.2) is 4.79 Å². The fourth-order valence-corrected chi connectivity index (χ4v) is 3.65. The van der Waals surface area contributed by atoms with Gasteiger partial charge in [0.05, 0.1) is 12.5 Å². The first-order valence-corrected chi connectivity index (χ1v) is 8.77. The van der Waals surface area contributed by atoms with E-state index in [0.29, 0.717) is 19.6 Å². The zero-order valence-corrected chi connectivity index (χ0v) is 15.6. The zero-order valence-electron chi connectivity index (χ0n) is 15.6. The van der Waals surface area contributed by atoms with Crippen molar-refractivity contribution in [2.24, 2.45) is 0 Å². The number of aromatic nitrogens is 1. The molecule has 0 aliphatic carbocycles. The van der Waals surface area contributed by atoms with Crippen molar-refractivity contribution in [2.75, 3.05) is 31.6 Å². The molecule has 0 spiro atoms. The lowest BCUT2D eigenvalue weighted by Gasteiger charge is -2.35. The Morgan fingerprint density at radius 3 is 2.54 bits per heavy atom. The highest BCUT2D eigenvalue weighted by Crippen LogP contribution is 2.40. The van der Waals surface area contributed by atoms with E-state index >= 15 is 4.39 Å². The number of nitrogens with one attached hydrogen (secondary N) is 1. The van der Waals surface area contributed by atoms with Gasteiger partial charge in [-0.15, -0.1) is 0 Å². The highest BCUT2D eigenvalue weighted by molar-refractivity contribution is 5.97. The Balaban J connectivity index is 2.50. The van der Waals surface area contributed by atoms with Gasteiger partial charge >= 0.3 is 5.97 Å². The lowest BCUT2D eigenvalue weighted by Crippen LogP contribution is -2.49. The number of anilines is 1. The first-order valence-electron chi connectivity index (χ1n) is 8.77.